The molecule has 0 aliphatic heterocycles. The number of anilines is 1. The van der Waals surface area contributed by atoms with Gasteiger partial charge < -0.3 is 10.3 Å². The monoisotopic (exact) mass is 359 g/mol. The van der Waals surface area contributed by atoms with Gasteiger partial charge in [0.05, 0.1) is 0 Å². The van der Waals surface area contributed by atoms with E-state index >= 15 is 0 Å². The predicted molar refractivity (Wildman–Crippen MR) is 105 cm³/mol. The number of nitrogens with zero attached hydrogens (tertiary/aromatic N) is 1. The third-order valence-electron chi connectivity index (χ3n) is 4.51. The number of aryl methyl sites for hydroxylation is 1. The summed E-state index contributed by atoms with van der Waals surface area (Å²) in [7, 11) is 0. The zero-order valence-corrected chi connectivity index (χ0v) is 14.6. The first-order chi connectivity index (χ1) is 13.2. The number of aromatic amines is 1. The van der Waals surface area contributed by atoms with E-state index in [1.165, 1.54) is 12.1 Å². The van der Waals surface area contributed by atoms with Gasteiger partial charge in [0.15, 0.2) is 0 Å². The van der Waals surface area contributed by atoms with E-state index in [1.54, 1.807) is 36.7 Å². The number of nitrogens with one attached hydrogen (secondary N) is 2. The second-order valence-electron chi connectivity index (χ2n) is 6.32. The molecule has 0 aliphatic carbocycles. The summed E-state index contributed by atoms with van der Waals surface area (Å²) in [5.41, 5.74) is 4.61. The molecule has 0 fully saturated rings. The number of rotatable bonds is 5. The highest BCUT2D eigenvalue weighted by Crippen LogP contribution is 2.31. The molecule has 0 spiro atoms. The quantitative estimate of drug-likeness (QED) is 0.530. The number of hydrogen-bond acceptors (Lipinski definition) is 2. The van der Waals surface area contributed by atoms with Gasteiger partial charge in [0.2, 0.25) is 5.91 Å². The number of aromatic nitrogens is 2. The van der Waals surface area contributed by atoms with Crippen LogP contribution in [0.15, 0.2) is 73.1 Å². The highest BCUT2D eigenvalue weighted by atomic mass is 19.1. The zero-order chi connectivity index (χ0) is 18.6. The van der Waals surface area contributed by atoms with Crippen LogP contribution in [-0.4, -0.2) is 15.9 Å². The van der Waals surface area contributed by atoms with Gasteiger partial charge in [0.25, 0.3) is 0 Å². The van der Waals surface area contributed by atoms with Crippen molar-refractivity contribution in [3.8, 4) is 11.3 Å². The maximum absolute atomic E-state index is 13.3. The summed E-state index contributed by atoms with van der Waals surface area (Å²) in [6.45, 7) is 0. The second kappa shape index (κ2) is 7.41. The molecule has 0 saturated carbocycles. The van der Waals surface area contributed by atoms with Crippen molar-refractivity contribution < 1.29 is 9.18 Å². The number of carbonyl (C=O) groups excluding carboxylic acids is 1. The molecule has 0 saturated heterocycles. The molecule has 0 aliphatic rings. The maximum Gasteiger partial charge on any atom is 0.224 e. The van der Waals surface area contributed by atoms with Gasteiger partial charge in [0, 0.05) is 41.1 Å². The van der Waals surface area contributed by atoms with Crippen molar-refractivity contribution in [3.05, 3.63) is 84.4 Å². The number of carbonyl (C=O) groups is 1. The minimum atomic E-state index is -0.270. The fraction of sp³-hybridized carbons (Fsp3) is 0.0909. The molecule has 2 aromatic heterocycles. The van der Waals surface area contributed by atoms with Crippen molar-refractivity contribution in [2.75, 3.05) is 5.32 Å². The van der Waals surface area contributed by atoms with Crippen LogP contribution in [0.25, 0.3) is 22.2 Å². The summed E-state index contributed by atoms with van der Waals surface area (Å²) in [6.07, 6.45) is 4.20. The molecule has 0 atom stereocenters. The molecule has 134 valence electrons. The first-order valence-electron chi connectivity index (χ1n) is 8.76. The summed E-state index contributed by atoms with van der Waals surface area (Å²) >= 11 is 0. The Balaban J connectivity index is 1.61. The van der Waals surface area contributed by atoms with Crippen molar-refractivity contribution in [1.82, 2.24) is 9.97 Å². The van der Waals surface area contributed by atoms with Crippen molar-refractivity contribution in [2.24, 2.45) is 0 Å². The van der Waals surface area contributed by atoms with Crippen molar-refractivity contribution in [1.29, 1.82) is 0 Å². The standard InChI is InChI=1S/C22H18FN3O/c23-16-7-5-15(6-8-16)22-19(18-3-1-2-4-20(18)26-22)9-10-21(27)25-17-11-13-24-14-12-17/h1-8,11-14,26H,9-10H2,(H,24,25,27). The highest BCUT2D eigenvalue weighted by molar-refractivity contribution is 5.93. The van der Waals surface area contributed by atoms with E-state index in [4.69, 9.17) is 0 Å². The van der Waals surface area contributed by atoms with Crippen molar-refractivity contribution in [2.45, 2.75) is 12.8 Å². The molecule has 0 bridgehead atoms. The minimum absolute atomic E-state index is 0.0588. The van der Waals surface area contributed by atoms with Crippen LogP contribution in [0.3, 0.4) is 0 Å². The van der Waals surface area contributed by atoms with Crippen molar-refractivity contribution >= 4 is 22.5 Å². The van der Waals surface area contributed by atoms with Crippen LogP contribution >= 0.6 is 0 Å². The van der Waals surface area contributed by atoms with E-state index in [2.05, 4.69) is 15.3 Å². The van der Waals surface area contributed by atoms with Crippen molar-refractivity contribution in [3.63, 3.8) is 0 Å². The summed E-state index contributed by atoms with van der Waals surface area (Å²) < 4.78 is 13.3. The van der Waals surface area contributed by atoms with Gasteiger partial charge in [-0.05, 0) is 60.0 Å². The van der Waals surface area contributed by atoms with Gasteiger partial charge in [0.1, 0.15) is 5.82 Å². The number of amides is 1. The average molecular weight is 359 g/mol. The third-order valence-corrected chi connectivity index (χ3v) is 4.51. The Bertz CT molecular complexity index is 1070. The number of fused-ring (bicyclic) bond motifs is 1. The Morgan fingerprint density at radius 1 is 1.00 bits per heavy atom. The van der Waals surface area contributed by atoms with Gasteiger partial charge in [-0.15, -0.1) is 0 Å². The first-order valence-corrected chi connectivity index (χ1v) is 8.76. The third kappa shape index (κ3) is 3.72. The predicted octanol–water partition coefficient (Wildman–Crippen LogP) is 4.94. The normalized spacial score (nSPS) is 10.9. The average Bonchev–Trinajstić information content (AvgIpc) is 3.06. The number of hydrogen-bond donors (Lipinski definition) is 2. The van der Waals surface area contributed by atoms with E-state index in [1.807, 2.05) is 24.3 Å². The number of halogens is 1. The van der Waals surface area contributed by atoms with Gasteiger partial charge in [-0.25, -0.2) is 4.39 Å². The molecule has 4 nitrogen and oxygen atoms in total. The number of benzene rings is 2. The minimum Gasteiger partial charge on any atom is -0.354 e. The molecule has 1 amide bonds. The fourth-order valence-corrected chi connectivity index (χ4v) is 3.22. The van der Waals surface area contributed by atoms with E-state index < -0.39 is 0 Å². The van der Waals surface area contributed by atoms with E-state index in [0.717, 1.165) is 33.4 Å². The second-order valence-corrected chi connectivity index (χ2v) is 6.32. The van der Waals surface area contributed by atoms with Gasteiger partial charge >= 0.3 is 0 Å². The van der Waals surface area contributed by atoms with E-state index in [9.17, 15) is 9.18 Å². The molecule has 4 rings (SSSR count). The lowest BCUT2D eigenvalue weighted by atomic mass is 10.0. The van der Waals surface area contributed by atoms with Crippen LogP contribution < -0.4 is 5.32 Å². The smallest absolute Gasteiger partial charge is 0.224 e. The number of pyridine rings is 1. The van der Waals surface area contributed by atoms with Gasteiger partial charge in [-0.1, -0.05) is 18.2 Å². The molecule has 0 unspecified atom stereocenters. The van der Waals surface area contributed by atoms with Crippen LogP contribution in [-0.2, 0) is 11.2 Å². The van der Waals surface area contributed by atoms with Crippen LogP contribution in [0.2, 0.25) is 0 Å². The molecular formula is C22H18FN3O. The molecule has 0 radical (unpaired) electrons. The lowest BCUT2D eigenvalue weighted by molar-refractivity contribution is -0.116. The number of H-pyrrole nitrogens is 1. The number of para-hydroxylation sites is 1. The SMILES string of the molecule is O=C(CCc1c(-c2ccc(F)cc2)[nH]c2ccccc12)Nc1ccncc1. The maximum atomic E-state index is 13.3. The Kier molecular flexibility index (Phi) is 4.66. The Labute approximate surface area is 156 Å². The van der Waals surface area contributed by atoms with Crippen LogP contribution in [0.5, 0.6) is 0 Å². The molecule has 2 aromatic carbocycles. The fourth-order valence-electron chi connectivity index (χ4n) is 3.22. The molecule has 2 heterocycles. The van der Waals surface area contributed by atoms with Crippen LogP contribution in [0.1, 0.15) is 12.0 Å². The largest absolute Gasteiger partial charge is 0.354 e. The van der Waals surface area contributed by atoms with E-state index in [0.29, 0.717) is 12.8 Å². The van der Waals surface area contributed by atoms with Crippen LogP contribution in [0, 0.1) is 5.82 Å². The molecule has 5 heteroatoms. The Morgan fingerprint density at radius 2 is 1.74 bits per heavy atom. The van der Waals surface area contributed by atoms with Gasteiger partial charge in [-0.3, -0.25) is 9.78 Å². The molecular weight excluding hydrogens is 341 g/mol. The van der Waals surface area contributed by atoms with E-state index in [-0.39, 0.29) is 11.7 Å². The Morgan fingerprint density at radius 3 is 2.52 bits per heavy atom. The lowest BCUT2D eigenvalue weighted by Gasteiger charge is -2.07. The zero-order valence-electron chi connectivity index (χ0n) is 14.6. The Hall–Kier alpha value is -3.47. The lowest BCUT2D eigenvalue weighted by Crippen LogP contribution is -2.12. The van der Waals surface area contributed by atoms with Gasteiger partial charge in [-0.2, -0.15) is 0 Å². The summed E-state index contributed by atoms with van der Waals surface area (Å²) in [4.78, 5) is 19.7. The highest BCUT2D eigenvalue weighted by Gasteiger charge is 2.14. The topological polar surface area (TPSA) is 57.8 Å². The summed E-state index contributed by atoms with van der Waals surface area (Å²) in [5.74, 6) is -0.329. The molecule has 2 N–H and O–H groups in total. The molecule has 4 aromatic rings. The molecule has 27 heavy (non-hydrogen) atoms. The van der Waals surface area contributed by atoms with Crippen LogP contribution in [0.4, 0.5) is 10.1 Å². The summed E-state index contributed by atoms with van der Waals surface area (Å²) in [5, 5.41) is 3.96. The first kappa shape index (κ1) is 17.0. The summed E-state index contributed by atoms with van der Waals surface area (Å²) in [6, 6.07) is 17.9.